The van der Waals surface area contributed by atoms with Gasteiger partial charge in [-0.3, -0.25) is 0 Å². The molecule has 2 aliphatic rings. The molecule has 2 aliphatic heterocycles. The fraction of sp³-hybridized carbons (Fsp3) is 0.286. The number of nitrogens with zero attached hydrogens (tertiary/aromatic N) is 4. The number of aromatic amines is 1. The molecule has 3 aromatic rings. The first-order valence-electron chi connectivity index (χ1n) is 9.70. The number of pyridine rings is 1. The van der Waals surface area contributed by atoms with Gasteiger partial charge in [0.05, 0.1) is 18.9 Å². The zero-order chi connectivity index (χ0) is 20.9. The Balaban J connectivity index is 1.70. The number of fused-ring (bicyclic) bond motifs is 1. The van der Waals surface area contributed by atoms with Crippen LogP contribution in [0.1, 0.15) is 24.3 Å². The van der Waals surface area contributed by atoms with Crippen LogP contribution in [0.3, 0.4) is 0 Å². The van der Waals surface area contributed by atoms with E-state index in [0.29, 0.717) is 48.4 Å². The van der Waals surface area contributed by atoms with Crippen molar-refractivity contribution in [3.8, 4) is 11.4 Å². The Labute approximate surface area is 174 Å². The zero-order valence-electron chi connectivity index (χ0n) is 16.5. The highest BCUT2D eigenvalue weighted by molar-refractivity contribution is 7.95. The van der Waals surface area contributed by atoms with Gasteiger partial charge in [-0.2, -0.15) is 0 Å². The van der Waals surface area contributed by atoms with Crippen molar-refractivity contribution in [1.82, 2.24) is 19.9 Å². The lowest BCUT2D eigenvalue weighted by Crippen LogP contribution is -2.34. The van der Waals surface area contributed by atoms with Crippen LogP contribution in [0.5, 0.6) is 0 Å². The van der Waals surface area contributed by atoms with Crippen molar-refractivity contribution in [3.05, 3.63) is 59.5 Å². The van der Waals surface area contributed by atoms with Gasteiger partial charge in [0.1, 0.15) is 16.7 Å². The maximum absolute atomic E-state index is 12.9. The molecular weight excluding hydrogens is 402 g/mol. The molecule has 8 nitrogen and oxygen atoms in total. The maximum atomic E-state index is 12.9. The van der Waals surface area contributed by atoms with Gasteiger partial charge in [0.15, 0.2) is 15.7 Å². The Morgan fingerprint density at radius 1 is 1.30 bits per heavy atom. The van der Waals surface area contributed by atoms with Gasteiger partial charge >= 0.3 is 0 Å². The Morgan fingerprint density at radius 3 is 2.93 bits per heavy atom. The topological polar surface area (TPSA) is 101 Å². The predicted octanol–water partition coefficient (Wildman–Crippen LogP) is 3.13. The summed E-state index contributed by atoms with van der Waals surface area (Å²) in [6.45, 7) is 7.27. The second kappa shape index (κ2) is 7.03. The van der Waals surface area contributed by atoms with Crippen LogP contribution < -0.4 is 4.90 Å². The number of aromatic nitrogens is 4. The van der Waals surface area contributed by atoms with Gasteiger partial charge in [-0.05, 0) is 25.5 Å². The van der Waals surface area contributed by atoms with E-state index in [4.69, 9.17) is 14.7 Å². The summed E-state index contributed by atoms with van der Waals surface area (Å²) in [5.74, 6) is 1.09. The molecule has 1 fully saturated rings. The summed E-state index contributed by atoms with van der Waals surface area (Å²) >= 11 is 0. The van der Waals surface area contributed by atoms with Crippen molar-refractivity contribution in [2.45, 2.75) is 18.6 Å². The number of ether oxygens (including phenoxy) is 1. The Kier molecular flexibility index (Phi) is 4.44. The summed E-state index contributed by atoms with van der Waals surface area (Å²) in [6, 6.07) is 5.53. The summed E-state index contributed by atoms with van der Waals surface area (Å²) in [4.78, 5) is 19.3. The van der Waals surface area contributed by atoms with E-state index >= 15 is 0 Å². The zero-order valence-corrected chi connectivity index (χ0v) is 17.3. The van der Waals surface area contributed by atoms with Crippen LogP contribution >= 0.6 is 0 Å². The summed E-state index contributed by atoms with van der Waals surface area (Å²) < 4.78 is 31.2. The predicted molar refractivity (Wildman–Crippen MR) is 114 cm³/mol. The molecule has 5 heterocycles. The van der Waals surface area contributed by atoms with Crippen LogP contribution in [0.15, 0.2) is 53.8 Å². The fourth-order valence-corrected chi connectivity index (χ4v) is 5.48. The molecule has 0 aromatic carbocycles. The van der Waals surface area contributed by atoms with E-state index in [0.717, 1.165) is 22.3 Å². The number of hydrogen-bond acceptors (Lipinski definition) is 7. The minimum absolute atomic E-state index is 0.391. The molecule has 1 saturated heterocycles. The molecule has 1 atom stereocenters. The lowest BCUT2D eigenvalue weighted by molar-refractivity contribution is 0.143. The molecule has 0 spiro atoms. The largest absolute Gasteiger partial charge is 0.373 e. The quantitative estimate of drug-likeness (QED) is 0.691. The van der Waals surface area contributed by atoms with Crippen LogP contribution in [-0.4, -0.2) is 48.1 Å². The summed E-state index contributed by atoms with van der Waals surface area (Å²) in [5.41, 5.74) is 2.79. The summed E-state index contributed by atoms with van der Waals surface area (Å²) in [5, 5.41) is 0.167. The van der Waals surface area contributed by atoms with Crippen molar-refractivity contribution in [2.24, 2.45) is 0 Å². The number of rotatable bonds is 3. The van der Waals surface area contributed by atoms with Crippen LogP contribution in [-0.2, 0) is 14.6 Å². The first-order valence-corrected chi connectivity index (χ1v) is 11.2. The van der Waals surface area contributed by atoms with E-state index in [1.54, 1.807) is 25.3 Å². The van der Waals surface area contributed by atoms with Crippen molar-refractivity contribution < 1.29 is 13.2 Å². The molecule has 0 aliphatic carbocycles. The maximum Gasteiger partial charge on any atom is 0.182 e. The second-order valence-electron chi connectivity index (χ2n) is 7.43. The molecule has 0 saturated carbocycles. The third kappa shape index (κ3) is 3.01. The highest BCUT2D eigenvalue weighted by Gasteiger charge is 2.35. The van der Waals surface area contributed by atoms with E-state index in [1.165, 1.54) is 0 Å². The number of hydrogen-bond donors (Lipinski definition) is 1. The average molecular weight is 423 g/mol. The molecule has 5 rings (SSSR count). The minimum atomic E-state index is -3.42. The molecule has 0 bridgehead atoms. The van der Waals surface area contributed by atoms with Crippen molar-refractivity contribution in [3.63, 3.8) is 0 Å². The fourth-order valence-electron chi connectivity index (χ4n) is 3.91. The molecule has 154 valence electrons. The Bertz CT molecular complexity index is 1290. The van der Waals surface area contributed by atoms with Crippen molar-refractivity contribution in [1.29, 1.82) is 0 Å². The average Bonchev–Trinajstić information content (AvgIpc) is 3.32. The second-order valence-corrected chi connectivity index (χ2v) is 9.73. The smallest absolute Gasteiger partial charge is 0.182 e. The Morgan fingerprint density at radius 2 is 2.17 bits per heavy atom. The lowest BCUT2D eigenvalue weighted by Gasteiger charge is -2.30. The van der Waals surface area contributed by atoms with Crippen LogP contribution in [0.25, 0.3) is 22.4 Å². The monoisotopic (exact) mass is 423 g/mol. The normalized spacial score (nSPS) is 21.2. The summed E-state index contributed by atoms with van der Waals surface area (Å²) in [7, 11) is -3.42. The van der Waals surface area contributed by atoms with Crippen molar-refractivity contribution in [2.75, 3.05) is 24.7 Å². The van der Waals surface area contributed by atoms with E-state index in [9.17, 15) is 8.42 Å². The van der Waals surface area contributed by atoms with E-state index < -0.39 is 15.1 Å². The molecule has 30 heavy (non-hydrogen) atoms. The number of sulfone groups is 1. The van der Waals surface area contributed by atoms with Gasteiger partial charge in [0.25, 0.3) is 0 Å². The van der Waals surface area contributed by atoms with Gasteiger partial charge in [0, 0.05) is 46.6 Å². The lowest BCUT2D eigenvalue weighted by atomic mass is 10.1. The molecule has 1 N–H and O–H groups in total. The van der Waals surface area contributed by atoms with E-state index in [1.807, 2.05) is 23.2 Å². The molecular formula is C21H21N5O3S. The van der Waals surface area contributed by atoms with Gasteiger partial charge in [-0.1, -0.05) is 12.7 Å². The number of anilines is 1. The first-order chi connectivity index (χ1) is 14.4. The third-order valence-electron chi connectivity index (χ3n) is 5.59. The first kappa shape index (κ1) is 19.0. The van der Waals surface area contributed by atoms with Crippen LogP contribution in [0.2, 0.25) is 0 Å². The minimum Gasteiger partial charge on any atom is -0.373 e. The van der Waals surface area contributed by atoms with Gasteiger partial charge in [-0.15, -0.1) is 0 Å². The number of allylic oxidation sites excluding steroid dienone is 2. The third-order valence-corrected chi connectivity index (χ3v) is 7.84. The van der Waals surface area contributed by atoms with Crippen LogP contribution in [0, 0.1) is 0 Å². The molecule has 3 aromatic heterocycles. The van der Waals surface area contributed by atoms with E-state index in [-0.39, 0.29) is 0 Å². The van der Waals surface area contributed by atoms with Crippen LogP contribution in [0.4, 0.5) is 5.82 Å². The molecule has 0 amide bonds. The standard InChI is InChI=1S/C21H21N5O3S/c1-13-12-29-10-9-26(13)19-11-17(18-4-3-14(2)30(18,27)28)24-21(25-19)16-6-8-23-20-15(16)5-7-22-20/h3,5-8,11,18H,1,4,9-10,12H2,2H3,(H,22,23). The SMILES string of the molecule is C=C1COCCN1c1cc(C2CC=C(C)S2(=O)=O)nc(-c2ccnc3[nH]ccc23)n1. The molecule has 1 unspecified atom stereocenters. The number of nitrogens with one attached hydrogen (secondary N) is 1. The van der Waals surface area contributed by atoms with E-state index in [2.05, 4.69) is 16.5 Å². The number of morpholine rings is 1. The number of H-pyrrole nitrogens is 1. The molecule has 0 radical (unpaired) electrons. The Hall–Kier alpha value is -3.04. The highest BCUT2D eigenvalue weighted by Crippen LogP contribution is 2.39. The van der Waals surface area contributed by atoms with Gasteiger partial charge in [-0.25, -0.2) is 23.4 Å². The van der Waals surface area contributed by atoms with Gasteiger partial charge in [0.2, 0.25) is 0 Å². The highest BCUT2D eigenvalue weighted by atomic mass is 32.2. The summed E-state index contributed by atoms with van der Waals surface area (Å²) in [6.07, 6.45) is 5.66. The molecule has 9 heteroatoms. The van der Waals surface area contributed by atoms with Gasteiger partial charge < -0.3 is 14.6 Å². The van der Waals surface area contributed by atoms with Crippen molar-refractivity contribution >= 4 is 26.7 Å².